The van der Waals surface area contributed by atoms with E-state index in [-0.39, 0.29) is 11.5 Å². The topological polar surface area (TPSA) is 64.9 Å². The minimum Gasteiger partial charge on any atom is -0.321 e. The number of carbonyl (C=O) groups excluding carboxylic acids is 1. The fourth-order valence-electron chi connectivity index (χ4n) is 1.61. The van der Waals surface area contributed by atoms with Crippen LogP contribution >= 0.6 is 0 Å². The predicted molar refractivity (Wildman–Crippen MR) is 65.3 cm³/mol. The SMILES string of the molecule is CC(C(=O)Nc1ccc(F)cc1C#N)=C1CNC1. The number of amides is 1. The van der Waals surface area contributed by atoms with Crippen molar-refractivity contribution in [2.45, 2.75) is 6.92 Å². The van der Waals surface area contributed by atoms with Gasteiger partial charge < -0.3 is 10.6 Å². The first-order valence-corrected chi connectivity index (χ1v) is 5.52. The maximum atomic E-state index is 12.9. The molecule has 0 bridgehead atoms. The van der Waals surface area contributed by atoms with E-state index in [1.54, 1.807) is 6.92 Å². The summed E-state index contributed by atoms with van der Waals surface area (Å²) in [6.07, 6.45) is 0. The smallest absolute Gasteiger partial charge is 0.251 e. The lowest BCUT2D eigenvalue weighted by molar-refractivity contribution is -0.112. The number of nitriles is 1. The normalized spacial score (nSPS) is 13.5. The van der Waals surface area contributed by atoms with Gasteiger partial charge in [-0.1, -0.05) is 0 Å². The maximum absolute atomic E-state index is 12.9. The van der Waals surface area contributed by atoms with Crippen LogP contribution in [0.5, 0.6) is 0 Å². The van der Waals surface area contributed by atoms with E-state index in [0.717, 1.165) is 11.6 Å². The third-order valence-electron chi connectivity index (χ3n) is 2.90. The van der Waals surface area contributed by atoms with Gasteiger partial charge in [0.15, 0.2) is 0 Å². The molecule has 1 aliphatic heterocycles. The van der Waals surface area contributed by atoms with E-state index in [1.807, 2.05) is 6.07 Å². The molecule has 4 nitrogen and oxygen atoms in total. The van der Waals surface area contributed by atoms with Gasteiger partial charge >= 0.3 is 0 Å². The molecule has 18 heavy (non-hydrogen) atoms. The Kier molecular flexibility index (Phi) is 3.40. The molecule has 0 saturated carbocycles. The van der Waals surface area contributed by atoms with Crippen LogP contribution in [-0.4, -0.2) is 19.0 Å². The zero-order chi connectivity index (χ0) is 13.1. The highest BCUT2D eigenvalue weighted by atomic mass is 19.1. The van der Waals surface area contributed by atoms with Crippen molar-refractivity contribution in [1.29, 1.82) is 5.26 Å². The zero-order valence-corrected chi connectivity index (χ0v) is 9.88. The third-order valence-corrected chi connectivity index (χ3v) is 2.90. The number of benzene rings is 1. The van der Waals surface area contributed by atoms with Crippen LogP contribution in [0.1, 0.15) is 12.5 Å². The average molecular weight is 245 g/mol. The fraction of sp³-hybridized carbons (Fsp3) is 0.231. The van der Waals surface area contributed by atoms with Crippen LogP contribution in [0.4, 0.5) is 10.1 Å². The lowest BCUT2D eigenvalue weighted by Crippen LogP contribution is -2.36. The third kappa shape index (κ3) is 2.39. The molecule has 0 radical (unpaired) electrons. The summed E-state index contributed by atoms with van der Waals surface area (Å²) in [5.41, 5.74) is 2.14. The van der Waals surface area contributed by atoms with Gasteiger partial charge in [0, 0.05) is 18.7 Å². The molecular weight excluding hydrogens is 233 g/mol. The van der Waals surface area contributed by atoms with Crippen molar-refractivity contribution in [1.82, 2.24) is 5.32 Å². The van der Waals surface area contributed by atoms with Crippen molar-refractivity contribution in [3.05, 3.63) is 40.7 Å². The van der Waals surface area contributed by atoms with E-state index < -0.39 is 5.82 Å². The highest BCUT2D eigenvalue weighted by Crippen LogP contribution is 2.18. The summed E-state index contributed by atoms with van der Waals surface area (Å²) in [5, 5.41) is 14.5. The molecule has 1 saturated heterocycles. The van der Waals surface area contributed by atoms with E-state index in [1.165, 1.54) is 12.1 Å². The molecule has 0 unspecified atom stereocenters. The quantitative estimate of drug-likeness (QED) is 0.777. The molecule has 0 spiro atoms. The Hall–Kier alpha value is -2.19. The van der Waals surface area contributed by atoms with Crippen molar-refractivity contribution in [3.8, 4) is 6.07 Å². The van der Waals surface area contributed by atoms with Crippen LogP contribution in [-0.2, 0) is 4.79 Å². The highest BCUT2D eigenvalue weighted by molar-refractivity contribution is 6.04. The molecule has 1 heterocycles. The summed E-state index contributed by atoms with van der Waals surface area (Å²) >= 11 is 0. The molecule has 1 aromatic carbocycles. The van der Waals surface area contributed by atoms with Crippen LogP contribution in [0.3, 0.4) is 0 Å². The van der Waals surface area contributed by atoms with Gasteiger partial charge in [-0.3, -0.25) is 4.79 Å². The molecule has 2 rings (SSSR count). The lowest BCUT2D eigenvalue weighted by Gasteiger charge is -2.21. The molecule has 2 N–H and O–H groups in total. The summed E-state index contributed by atoms with van der Waals surface area (Å²) < 4.78 is 12.9. The molecular formula is C13H12FN3O. The zero-order valence-electron chi connectivity index (χ0n) is 9.88. The largest absolute Gasteiger partial charge is 0.321 e. The van der Waals surface area contributed by atoms with E-state index in [4.69, 9.17) is 5.26 Å². The second-order valence-corrected chi connectivity index (χ2v) is 4.09. The van der Waals surface area contributed by atoms with Crippen LogP contribution < -0.4 is 10.6 Å². The van der Waals surface area contributed by atoms with E-state index in [0.29, 0.717) is 24.4 Å². The van der Waals surface area contributed by atoms with Crippen molar-refractivity contribution < 1.29 is 9.18 Å². The number of nitrogens with one attached hydrogen (secondary N) is 2. The Morgan fingerprint density at radius 1 is 1.50 bits per heavy atom. The number of hydrogen-bond donors (Lipinski definition) is 2. The predicted octanol–water partition coefficient (Wildman–Crippen LogP) is 1.56. The number of carbonyl (C=O) groups is 1. The van der Waals surface area contributed by atoms with Gasteiger partial charge in [0.1, 0.15) is 11.9 Å². The Labute approximate surface area is 104 Å². The Balaban J connectivity index is 2.20. The Morgan fingerprint density at radius 3 is 2.78 bits per heavy atom. The summed E-state index contributed by atoms with van der Waals surface area (Å²) in [6, 6.07) is 5.56. The molecule has 0 atom stereocenters. The van der Waals surface area contributed by atoms with E-state index in [2.05, 4.69) is 10.6 Å². The molecule has 5 heteroatoms. The second-order valence-electron chi connectivity index (χ2n) is 4.09. The van der Waals surface area contributed by atoms with Gasteiger partial charge in [-0.05, 0) is 30.7 Å². The molecule has 92 valence electrons. The summed E-state index contributed by atoms with van der Waals surface area (Å²) in [4.78, 5) is 11.9. The fourth-order valence-corrected chi connectivity index (χ4v) is 1.61. The Bertz CT molecular complexity index is 566. The summed E-state index contributed by atoms with van der Waals surface area (Å²) in [7, 11) is 0. The summed E-state index contributed by atoms with van der Waals surface area (Å²) in [6.45, 7) is 3.17. The van der Waals surface area contributed by atoms with Crippen LogP contribution in [0.15, 0.2) is 29.3 Å². The van der Waals surface area contributed by atoms with Crippen molar-refractivity contribution in [2.24, 2.45) is 0 Å². The van der Waals surface area contributed by atoms with Crippen molar-refractivity contribution >= 4 is 11.6 Å². The number of rotatable bonds is 2. The molecule has 1 amide bonds. The minimum atomic E-state index is -0.497. The first-order chi connectivity index (χ1) is 8.61. The number of anilines is 1. The highest BCUT2D eigenvalue weighted by Gasteiger charge is 2.17. The molecule has 1 aliphatic rings. The average Bonchev–Trinajstić information content (AvgIpc) is 2.29. The van der Waals surface area contributed by atoms with Crippen molar-refractivity contribution in [2.75, 3.05) is 18.4 Å². The lowest BCUT2D eigenvalue weighted by atomic mass is 10.0. The first-order valence-electron chi connectivity index (χ1n) is 5.52. The molecule has 1 aromatic rings. The van der Waals surface area contributed by atoms with Crippen molar-refractivity contribution in [3.63, 3.8) is 0 Å². The monoisotopic (exact) mass is 245 g/mol. The molecule has 0 aromatic heterocycles. The van der Waals surface area contributed by atoms with E-state index >= 15 is 0 Å². The van der Waals surface area contributed by atoms with Gasteiger partial charge in [0.05, 0.1) is 11.3 Å². The van der Waals surface area contributed by atoms with Gasteiger partial charge in [0.25, 0.3) is 5.91 Å². The minimum absolute atomic E-state index is 0.118. The van der Waals surface area contributed by atoms with Crippen LogP contribution in [0, 0.1) is 17.1 Å². The Morgan fingerprint density at radius 2 is 2.22 bits per heavy atom. The molecule has 0 aliphatic carbocycles. The number of hydrogen-bond acceptors (Lipinski definition) is 3. The van der Waals surface area contributed by atoms with Crippen LogP contribution in [0.25, 0.3) is 0 Å². The van der Waals surface area contributed by atoms with Gasteiger partial charge in [-0.2, -0.15) is 5.26 Å². The van der Waals surface area contributed by atoms with Gasteiger partial charge in [-0.25, -0.2) is 4.39 Å². The standard InChI is InChI=1S/C13H12FN3O/c1-8(10-6-16-7-10)13(18)17-12-3-2-11(14)4-9(12)5-15/h2-4,16H,6-7H2,1H3,(H,17,18). The van der Waals surface area contributed by atoms with Gasteiger partial charge in [-0.15, -0.1) is 0 Å². The van der Waals surface area contributed by atoms with Crippen LogP contribution in [0.2, 0.25) is 0 Å². The summed E-state index contributed by atoms with van der Waals surface area (Å²) in [5.74, 6) is -0.752. The number of halogens is 1. The van der Waals surface area contributed by atoms with E-state index in [9.17, 15) is 9.18 Å². The maximum Gasteiger partial charge on any atom is 0.251 e. The number of nitrogens with zero attached hydrogens (tertiary/aromatic N) is 1. The van der Waals surface area contributed by atoms with Gasteiger partial charge in [0.2, 0.25) is 0 Å². The second kappa shape index (κ2) is 4.98. The first kappa shape index (κ1) is 12.3. The molecule has 1 fully saturated rings.